The first-order valence-electron chi connectivity index (χ1n) is 5.72. The lowest BCUT2D eigenvalue weighted by Gasteiger charge is -2.17. The van der Waals surface area contributed by atoms with Crippen LogP contribution in [0.5, 0.6) is 0 Å². The van der Waals surface area contributed by atoms with Gasteiger partial charge < -0.3 is 10.6 Å². The Kier molecular flexibility index (Phi) is 4.49. The second-order valence-electron chi connectivity index (χ2n) is 4.55. The third kappa shape index (κ3) is 4.43. The molecule has 1 rings (SSSR count). The van der Waals surface area contributed by atoms with E-state index in [1.807, 2.05) is 26.8 Å². The molecule has 17 heavy (non-hydrogen) atoms. The van der Waals surface area contributed by atoms with E-state index in [4.69, 9.17) is 0 Å². The lowest BCUT2D eigenvalue weighted by molar-refractivity contribution is -0.122. The van der Waals surface area contributed by atoms with Crippen LogP contribution < -0.4 is 10.6 Å². The second kappa shape index (κ2) is 5.66. The Bertz CT molecular complexity index is 384. The molecule has 0 bridgehead atoms. The average molecular weight is 238 g/mol. The molecule has 0 saturated heterocycles. The van der Waals surface area contributed by atoms with Gasteiger partial charge in [0.05, 0.1) is 0 Å². The number of carbonyl (C=O) groups is 1. The minimum Gasteiger partial charge on any atom is -0.374 e. The third-order valence-corrected chi connectivity index (χ3v) is 2.25. The molecule has 2 N–H and O–H groups in total. The van der Waals surface area contributed by atoms with Crippen molar-refractivity contribution in [2.45, 2.75) is 39.8 Å². The minimum atomic E-state index is -0.390. The van der Waals surface area contributed by atoms with Crippen LogP contribution in [0.3, 0.4) is 0 Å². The summed E-state index contributed by atoms with van der Waals surface area (Å²) in [4.78, 5) is 11.7. The van der Waals surface area contributed by atoms with Crippen LogP contribution >= 0.6 is 0 Å². The fraction of sp³-hybridized carbons (Fsp3) is 0.462. The van der Waals surface area contributed by atoms with E-state index in [9.17, 15) is 9.18 Å². The Balaban J connectivity index is 2.67. The molecule has 1 amide bonds. The smallest absolute Gasteiger partial charge is 0.242 e. The molecule has 0 heterocycles. The molecule has 0 aromatic heterocycles. The highest BCUT2D eigenvalue weighted by Gasteiger charge is 2.13. The first kappa shape index (κ1) is 13.5. The normalized spacial score (nSPS) is 12.4. The van der Waals surface area contributed by atoms with Crippen LogP contribution in [0.25, 0.3) is 0 Å². The second-order valence-corrected chi connectivity index (χ2v) is 4.55. The molecule has 0 aliphatic rings. The Morgan fingerprint density at radius 1 is 1.24 bits per heavy atom. The van der Waals surface area contributed by atoms with Gasteiger partial charge in [0.2, 0.25) is 5.91 Å². The van der Waals surface area contributed by atoms with E-state index in [1.54, 1.807) is 6.92 Å². The first-order valence-corrected chi connectivity index (χ1v) is 5.72. The summed E-state index contributed by atoms with van der Waals surface area (Å²) in [6, 6.07) is 4.35. The van der Waals surface area contributed by atoms with E-state index < -0.39 is 6.04 Å². The number of carbonyl (C=O) groups excluding carboxylic acids is 1. The molecule has 0 fully saturated rings. The van der Waals surface area contributed by atoms with Gasteiger partial charge in [-0.1, -0.05) is 0 Å². The molecule has 3 nitrogen and oxygen atoms in total. The number of hydrogen-bond acceptors (Lipinski definition) is 2. The summed E-state index contributed by atoms with van der Waals surface area (Å²) in [6.07, 6.45) is 0. The van der Waals surface area contributed by atoms with Crippen molar-refractivity contribution in [1.29, 1.82) is 0 Å². The molecule has 1 aromatic carbocycles. The topological polar surface area (TPSA) is 41.1 Å². The minimum absolute atomic E-state index is 0.0954. The van der Waals surface area contributed by atoms with Gasteiger partial charge >= 0.3 is 0 Å². The van der Waals surface area contributed by atoms with Gasteiger partial charge in [0, 0.05) is 11.7 Å². The van der Waals surface area contributed by atoms with E-state index >= 15 is 0 Å². The van der Waals surface area contributed by atoms with E-state index in [1.165, 1.54) is 12.1 Å². The zero-order valence-corrected chi connectivity index (χ0v) is 10.7. The summed E-state index contributed by atoms with van der Waals surface area (Å²) >= 11 is 0. The van der Waals surface area contributed by atoms with Crippen LogP contribution in [0.15, 0.2) is 18.2 Å². The van der Waals surface area contributed by atoms with Gasteiger partial charge in [0.25, 0.3) is 0 Å². The number of halogens is 1. The average Bonchev–Trinajstić information content (AvgIpc) is 2.14. The number of hydrogen-bond donors (Lipinski definition) is 2. The van der Waals surface area contributed by atoms with Gasteiger partial charge in [-0.25, -0.2) is 4.39 Å². The maximum atomic E-state index is 13.1. The monoisotopic (exact) mass is 238 g/mol. The van der Waals surface area contributed by atoms with Crippen molar-refractivity contribution in [2.75, 3.05) is 5.32 Å². The van der Waals surface area contributed by atoms with Crippen molar-refractivity contribution in [3.05, 3.63) is 29.6 Å². The molecule has 0 aliphatic heterocycles. The van der Waals surface area contributed by atoms with Crippen molar-refractivity contribution in [2.24, 2.45) is 0 Å². The molecule has 0 aliphatic carbocycles. The van der Waals surface area contributed by atoms with Gasteiger partial charge in [-0.3, -0.25) is 4.79 Å². The molecule has 0 radical (unpaired) electrons. The predicted octanol–water partition coefficient (Wildman–Crippen LogP) is 2.46. The van der Waals surface area contributed by atoms with E-state index in [2.05, 4.69) is 10.6 Å². The van der Waals surface area contributed by atoms with Crippen LogP contribution in [0.1, 0.15) is 26.3 Å². The number of aryl methyl sites for hydroxylation is 1. The van der Waals surface area contributed by atoms with Gasteiger partial charge in [0.15, 0.2) is 0 Å². The molecule has 0 saturated carbocycles. The van der Waals surface area contributed by atoms with E-state index in [0.29, 0.717) is 5.69 Å². The molecular weight excluding hydrogens is 219 g/mol. The summed E-state index contributed by atoms with van der Waals surface area (Å²) in [5.41, 5.74) is 1.44. The van der Waals surface area contributed by atoms with Crippen LogP contribution in [0, 0.1) is 12.7 Å². The van der Waals surface area contributed by atoms with Gasteiger partial charge in [-0.15, -0.1) is 0 Å². The summed E-state index contributed by atoms with van der Waals surface area (Å²) in [6.45, 7) is 7.36. The molecule has 1 aromatic rings. The molecule has 94 valence electrons. The Labute approximate surface area is 101 Å². The van der Waals surface area contributed by atoms with Crippen molar-refractivity contribution < 1.29 is 9.18 Å². The Hall–Kier alpha value is -1.58. The number of anilines is 1. The largest absolute Gasteiger partial charge is 0.374 e. The predicted molar refractivity (Wildman–Crippen MR) is 67.5 cm³/mol. The SMILES string of the molecule is Cc1cc(F)cc(NC(C)C(=O)NC(C)C)c1. The van der Waals surface area contributed by atoms with E-state index in [0.717, 1.165) is 5.56 Å². The maximum Gasteiger partial charge on any atom is 0.242 e. The standard InChI is InChI=1S/C13H19FN2O/c1-8(2)15-13(17)10(4)16-12-6-9(3)5-11(14)7-12/h5-8,10,16H,1-4H3,(H,15,17). The fourth-order valence-electron chi connectivity index (χ4n) is 1.54. The maximum absolute atomic E-state index is 13.1. The van der Waals surface area contributed by atoms with Crippen LogP contribution in [-0.2, 0) is 4.79 Å². The molecule has 4 heteroatoms. The first-order chi connectivity index (χ1) is 7.88. The zero-order valence-electron chi connectivity index (χ0n) is 10.7. The number of benzene rings is 1. The highest BCUT2D eigenvalue weighted by molar-refractivity contribution is 5.84. The highest BCUT2D eigenvalue weighted by atomic mass is 19.1. The quantitative estimate of drug-likeness (QED) is 0.846. The van der Waals surface area contributed by atoms with Gasteiger partial charge in [-0.2, -0.15) is 0 Å². The van der Waals surface area contributed by atoms with Crippen LogP contribution in [0.2, 0.25) is 0 Å². The lowest BCUT2D eigenvalue weighted by atomic mass is 10.2. The summed E-state index contributed by atoms with van der Waals surface area (Å²) in [7, 11) is 0. The number of rotatable bonds is 4. The number of nitrogens with one attached hydrogen (secondary N) is 2. The Morgan fingerprint density at radius 3 is 2.41 bits per heavy atom. The molecule has 0 spiro atoms. The highest BCUT2D eigenvalue weighted by Crippen LogP contribution is 2.14. The summed E-state index contributed by atoms with van der Waals surface area (Å²) in [5.74, 6) is -0.397. The van der Waals surface area contributed by atoms with Crippen LogP contribution in [0.4, 0.5) is 10.1 Å². The Morgan fingerprint density at radius 2 is 1.88 bits per heavy atom. The molecule has 1 unspecified atom stereocenters. The van der Waals surface area contributed by atoms with Crippen LogP contribution in [-0.4, -0.2) is 18.0 Å². The van der Waals surface area contributed by atoms with Gasteiger partial charge in [0.1, 0.15) is 11.9 Å². The van der Waals surface area contributed by atoms with Crippen molar-refractivity contribution in [3.8, 4) is 0 Å². The third-order valence-electron chi connectivity index (χ3n) is 2.25. The number of amides is 1. The fourth-order valence-corrected chi connectivity index (χ4v) is 1.54. The molecular formula is C13H19FN2O. The van der Waals surface area contributed by atoms with Crippen molar-refractivity contribution in [3.63, 3.8) is 0 Å². The van der Waals surface area contributed by atoms with E-state index in [-0.39, 0.29) is 17.8 Å². The van der Waals surface area contributed by atoms with Gasteiger partial charge in [-0.05, 0) is 51.5 Å². The summed E-state index contributed by atoms with van der Waals surface area (Å²) < 4.78 is 13.1. The van der Waals surface area contributed by atoms with Crippen molar-refractivity contribution in [1.82, 2.24) is 5.32 Å². The van der Waals surface area contributed by atoms with Crippen molar-refractivity contribution >= 4 is 11.6 Å². The lowest BCUT2D eigenvalue weighted by Crippen LogP contribution is -2.40. The summed E-state index contributed by atoms with van der Waals surface area (Å²) in [5, 5.41) is 5.77. The molecule has 1 atom stereocenters. The zero-order chi connectivity index (χ0) is 13.0.